The van der Waals surface area contributed by atoms with Crippen LogP contribution in [-0.2, 0) is 5.60 Å². The molecule has 0 saturated heterocycles. The zero-order valence-corrected chi connectivity index (χ0v) is 14.3. The lowest BCUT2D eigenvalue weighted by molar-refractivity contribution is 0.0800. The van der Waals surface area contributed by atoms with Crippen LogP contribution >= 0.6 is 0 Å². The van der Waals surface area contributed by atoms with E-state index < -0.39 is 5.60 Å². The molecule has 3 N–H and O–H groups in total. The van der Waals surface area contributed by atoms with Crippen LogP contribution in [0.5, 0.6) is 0 Å². The van der Waals surface area contributed by atoms with Gasteiger partial charge >= 0.3 is 0 Å². The highest BCUT2D eigenvalue weighted by molar-refractivity contribution is 5.82. The Morgan fingerprint density at radius 3 is 2.35 bits per heavy atom. The van der Waals surface area contributed by atoms with Gasteiger partial charge in [0.15, 0.2) is 0 Å². The molecule has 0 radical (unpaired) electrons. The molecule has 4 heteroatoms. The zero-order chi connectivity index (χ0) is 16.8. The highest BCUT2D eigenvalue weighted by Gasteiger charge is 2.21. The first-order chi connectivity index (χ1) is 10.8. The highest BCUT2D eigenvalue weighted by atomic mass is 16.3. The number of H-pyrrole nitrogens is 1. The Morgan fingerprint density at radius 1 is 1.09 bits per heavy atom. The first kappa shape index (κ1) is 15.6. The van der Waals surface area contributed by atoms with E-state index in [9.17, 15) is 5.11 Å². The van der Waals surface area contributed by atoms with Crippen LogP contribution in [0, 0.1) is 20.8 Å². The first-order valence-electron chi connectivity index (χ1n) is 7.82. The first-order valence-corrected chi connectivity index (χ1v) is 7.82. The van der Waals surface area contributed by atoms with Gasteiger partial charge in [0, 0.05) is 11.3 Å². The minimum absolute atomic E-state index is 0.687. The largest absolute Gasteiger partial charge is 0.386 e. The van der Waals surface area contributed by atoms with Gasteiger partial charge in [0.25, 0.3) is 0 Å². The maximum absolute atomic E-state index is 10.3. The molecule has 0 unspecified atom stereocenters. The molecular formula is C19H23N3O. The van der Waals surface area contributed by atoms with Crippen molar-refractivity contribution >= 4 is 22.7 Å². The number of benzene rings is 2. The maximum Gasteiger partial charge on any atom is 0.205 e. The van der Waals surface area contributed by atoms with E-state index >= 15 is 0 Å². The van der Waals surface area contributed by atoms with Crippen molar-refractivity contribution in [2.75, 3.05) is 5.32 Å². The number of nitrogens with one attached hydrogen (secondary N) is 2. The minimum Gasteiger partial charge on any atom is -0.386 e. The Bertz CT molecular complexity index is 849. The van der Waals surface area contributed by atoms with Crippen LogP contribution < -0.4 is 5.32 Å². The standard InChI is InChI=1S/C19H23N3O/c1-11-9-12(2)16(13(3)10-11)21-18-20-15-8-6-7-14(17(15)22-18)19(4,5)23/h6-10,23H,1-5H3,(H2,20,21,22). The van der Waals surface area contributed by atoms with Gasteiger partial charge in [0.1, 0.15) is 0 Å². The fourth-order valence-corrected chi connectivity index (χ4v) is 3.08. The smallest absolute Gasteiger partial charge is 0.205 e. The number of aromatic amines is 1. The van der Waals surface area contributed by atoms with Crippen LogP contribution in [0.1, 0.15) is 36.1 Å². The minimum atomic E-state index is -0.929. The Labute approximate surface area is 136 Å². The Morgan fingerprint density at radius 2 is 1.74 bits per heavy atom. The van der Waals surface area contributed by atoms with E-state index in [2.05, 4.69) is 48.2 Å². The molecule has 1 heterocycles. The molecule has 0 spiro atoms. The Hall–Kier alpha value is -2.33. The van der Waals surface area contributed by atoms with Crippen molar-refractivity contribution in [2.45, 2.75) is 40.2 Å². The predicted octanol–water partition coefficient (Wildman–Crippen LogP) is 4.46. The molecule has 23 heavy (non-hydrogen) atoms. The van der Waals surface area contributed by atoms with Crippen molar-refractivity contribution in [3.63, 3.8) is 0 Å². The van der Waals surface area contributed by atoms with Crippen LogP contribution in [0.2, 0.25) is 0 Å². The van der Waals surface area contributed by atoms with Crippen LogP contribution in [0.3, 0.4) is 0 Å². The molecule has 0 aliphatic rings. The quantitative estimate of drug-likeness (QED) is 0.669. The van der Waals surface area contributed by atoms with E-state index in [1.54, 1.807) is 13.8 Å². The molecule has 4 nitrogen and oxygen atoms in total. The van der Waals surface area contributed by atoms with Crippen molar-refractivity contribution in [3.05, 3.63) is 52.6 Å². The molecule has 0 aliphatic carbocycles. The summed E-state index contributed by atoms with van der Waals surface area (Å²) in [7, 11) is 0. The zero-order valence-electron chi connectivity index (χ0n) is 14.3. The molecule has 0 atom stereocenters. The van der Waals surface area contributed by atoms with E-state index in [0.717, 1.165) is 22.3 Å². The monoisotopic (exact) mass is 309 g/mol. The predicted molar refractivity (Wildman–Crippen MR) is 95.3 cm³/mol. The summed E-state index contributed by atoms with van der Waals surface area (Å²) in [5, 5.41) is 13.7. The summed E-state index contributed by atoms with van der Waals surface area (Å²) in [5.74, 6) is 0.687. The van der Waals surface area contributed by atoms with E-state index in [-0.39, 0.29) is 0 Å². The van der Waals surface area contributed by atoms with Gasteiger partial charge in [-0.05, 0) is 51.8 Å². The van der Waals surface area contributed by atoms with E-state index in [0.29, 0.717) is 5.95 Å². The number of aliphatic hydroxyl groups is 1. The lowest BCUT2D eigenvalue weighted by Gasteiger charge is -2.17. The fraction of sp³-hybridized carbons (Fsp3) is 0.316. The van der Waals surface area contributed by atoms with Crippen molar-refractivity contribution in [1.82, 2.24) is 9.97 Å². The van der Waals surface area contributed by atoms with Gasteiger partial charge in [0.05, 0.1) is 16.6 Å². The Balaban J connectivity index is 2.06. The topological polar surface area (TPSA) is 60.9 Å². The number of aryl methyl sites for hydroxylation is 3. The second kappa shape index (κ2) is 5.39. The number of hydrogen-bond donors (Lipinski definition) is 3. The summed E-state index contributed by atoms with van der Waals surface area (Å²) in [5.41, 5.74) is 6.29. The molecule has 3 rings (SSSR count). The summed E-state index contributed by atoms with van der Waals surface area (Å²) in [6.07, 6.45) is 0. The summed E-state index contributed by atoms with van der Waals surface area (Å²) in [6.45, 7) is 9.83. The average molecular weight is 309 g/mol. The van der Waals surface area contributed by atoms with Crippen LogP contribution in [0.25, 0.3) is 11.0 Å². The van der Waals surface area contributed by atoms with Crippen molar-refractivity contribution in [3.8, 4) is 0 Å². The molecule has 0 fully saturated rings. The third-order valence-electron chi connectivity index (χ3n) is 4.09. The number of aromatic nitrogens is 2. The Kier molecular flexibility index (Phi) is 3.65. The van der Waals surface area contributed by atoms with Gasteiger partial charge in [0.2, 0.25) is 5.95 Å². The molecule has 2 aromatic carbocycles. The summed E-state index contributed by atoms with van der Waals surface area (Å²) >= 11 is 0. The number of hydrogen-bond acceptors (Lipinski definition) is 3. The SMILES string of the molecule is Cc1cc(C)c(Nc2nc3c(C(C)(C)O)cccc3[nH]2)c(C)c1. The molecule has 0 amide bonds. The summed E-state index contributed by atoms with van der Waals surface area (Å²) in [4.78, 5) is 7.94. The van der Waals surface area contributed by atoms with Crippen molar-refractivity contribution in [1.29, 1.82) is 0 Å². The average Bonchev–Trinajstić information content (AvgIpc) is 2.83. The van der Waals surface area contributed by atoms with E-state index in [1.807, 2.05) is 18.2 Å². The lowest BCUT2D eigenvalue weighted by Crippen LogP contribution is -2.15. The number of imidazole rings is 1. The van der Waals surface area contributed by atoms with Gasteiger partial charge in [-0.15, -0.1) is 0 Å². The number of fused-ring (bicyclic) bond motifs is 1. The van der Waals surface area contributed by atoms with E-state index in [1.165, 1.54) is 16.7 Å². The number of rotatable bonds is 3. The molecular weight excluding hydrogens is 286 g/mol. The van der Waals surface area contributed by atoms with Crippen LogP contribution in [0.4, 0.5) is 11.6 Å². The second-order valence-electron chi connectivity index (χ2n) is 6.74. The maximum atomic E-state index is 10.3. The van der Waals surface area contributed by atoms with Gasteiger partial charge in [-0.3, -0.25) is 0 Å². The normalized spacial score (nSPS) is 11.9. The number of nitrogens with zero attached hydrogens (tertiary/aromatic N) is 1. The van der Waals surface area contributed by atoms with Gasteiger partial charge in [-0.2, -0.15) is 0 Å². The molecule has 3 aromatic rings. The molecule has 0 saturated carbocycles. The number of anilines is 2. The van der Waals surface area contributed by atoms with Crippen molar-refractivity contribution < 1.29 is 5.11 Å². The van der Waals surface area contributed by atoms with Gasteiger partial charge in [-0.1, -0.05) is 29.8 Å². The van der Waals surface area contributed by atoms with Crippen LogP contribution in [-0.4, -0.2) is 15.1 Å². The fourth-order valence-electron chi connectivity index (χ4n) is 3.08. The summed E-state index contributed by atoms with van der Waals surface area (Å²) < 4.78 is 0. The highest BCUT2D eigenvalue weighted by Crippen LogP contribution is 2.30. The third kappa shape index (κ3) is 2.94. The number of para-hydroxylation sites is 1. The molecule has 0 bridgehead atoms. The third-order valence-corrected chi connectivity index (χ3v) is 4.09. The molecule has 1 aromatic heterocycles. The molecule has 120 valence electrons. The van der Waals surface area contributed by atoms with Gasteiger partial charge < -0.3 is 15.4 Å². The molecule has 0 aliphatic heterocycles. The van der Waals surface area contributed by atoms with Gasteiger partial charge in [-0.25, -0.2) is 4.98 Å². The van der Waals surface area contributed by atoms with Crippen molar-refractivity contribution in [2.24, 2.45) is 0 Å². The van der Waals surface area contributed by atoms with E-state index in [4.69, 9.17) is 0 Å². The summed E-state index contributed by atoms with van der Waals surface area (Å²) in [6, 6.07) is 10.1. The van der Waals surface area contributed by atoms with Crippen LogP contribution in [0.15, 0.2) is 30.3 Å². The lowest BCUT2D eigenvalue weighted by atomic mass is 9.97. The second-order valence-corrected chi connectivity index (χ2v) is 6.74.